The van der Waals surface area contributed by atoms with E-state index in [1.807, 2.05) is 0 Å². The van der Waals surface area contributed by atoms with Gasteiger partial charge in [0.25, 0.3) is 5.91 Å². The standard InChI is InChI=1S/C23H26FN3O7.2ClH/c1-26-7-9-6-12(28)14-10(16(9)24)4-8-5-11-17(27(2)3)19(30)15(22(25)33)21(32)23(11,34)20(31)13(8)18(14)29;;/h6,8,11,17,26,28-29,32,34H,4-5,7H2,1-3H3,(H2,25,33);2*1H/t8-,11-,17-,23-;;/m0../s1. The van der Waals surface area contributed by atoms with Crippen molar-refractivity contribution < 1.29 is 39.2 Å². The number of amides is 1. The van der Waals surface area contributed by atoms with Gasteiger partial charge >= 0.3 is 0 Å². The van der Waals surface area contributed by atoms with E-state index in [1.165, 1.54) is 19.0 Å². The Morgan fingerprint density at radius 3 is 2.39 bits per heavy atom. The topological polar surface area (TPSA) is 173 Å². The summed E-state index contributed by atoms with van der Waals surface area (Å²) >= 11 is 0. The lowest BCUT2D eigenvalue weighted by molar-refractivity contribution is -0.153. The lowest BCUT2D eigenvalue weighted by atomic mass is 9.57. The molecule has 0 bridgehead atoms. The molecule has 198 valence electrons. The molecule has 1 aromatic rings. The molecule has 36 heavy (non-hydrogen) atoms. The van der Waals surface area contributed by atoms with Crippen LogP contribution in [0.4, 0.5) is 4.39 Å². The van der Waals surface area contributed by atoms with Crippen molar-refractivity contribution in [2.75, 3.05) is 21.1 Å². The first-order valence-corrected chi connectivity index (χ1v) is 10.7. The third-order valence-electron chi connectivity index (χ3n) is 7.10. The number of phenols is 1. The summed E-state index contributed by atoms with van der Waals surface area (Å²) in [6, 6.07) is -0.0532. The number of halogens is 3. The van der Waals surface area contributed by atoms with Gasteiger partial charge in [-0.25, -0.2) is 4.39 Å². The number of nitrogens with zero attached hydrogens (tertiary/aromatic N) is 1. The van der Waals surface area contributed by atoms with Crippen molar-refractivity contribution in [1.29, 1.82) is 0 Å². The van der Waals surface area contributed by atoms with E-state index >= 15 is 4.39 Å². The smallest absolute Gasteiger partial charge is 0.255 e. The van der Waals surface area contributed by atoms with Crippen LogP contribution in [0.15, 0.2) is 23.0 Å². The highest BCUT2D eigenvalue weighted by Crippen LogP contribution is 2.53. The molecule has 0 heterocycles. The second kappa shape index (κ2) is 9.98. The van der Waals surface area contributed by atoms with Gasteiger partial charge in [0.05, 0.1) is 11.6 Å². The third kappa shape index (κ3) is 3.86. The Bertz CT molecular complexity index is 1220. The molecule has 3 aliphatic carbocycles. The quantitative estimate of drug-likeness (QED) is 0.296. The predicted octanol–water partition coefficient (Wildman–Crippen LogP) is 0.666. The van der Waals surface area contributed by atoms with Crippen molar-refractivity contribution in [1.82, 2.24) is 10.2 Å². The number of hydrogen-bond donors (Lipinski definition) is 6. The molecule has 1 aromatic carbocycles. The predicted molar refractivity (Wildman–Crippen MR) is 131 cm³/mol. The Morgan fingerprint density at radius 2 is 1.86 bits per heavy atom. The van der Waals surface area contributed by atoms with E-state index in [-0.39, 0.29) is 66.5 Å². The second-order valence-corrected chi connectivity index (χ2v) is 9.21. The van der Waals surface area contributed by atoms with Crippen molar-refractivity contribution in [3.05, 3.63) is 45.5 Å². The van der Waals surface area contributed by atoms with Crippen LogP contribution in [0.5, 0.6) is 5.75 Å². The molecule has 7 N–H and O–H groups in total. The number of Topliss-reactive ketones (excluding diaryl/α,β-unsaturated/α-hetero) is 2. The number of aliphatic hydroxyl groups is 3. The Kier molecular flexibility index (Phi) is 8.19. The molecule has 0 aromatic heterocycles. The molecule has 0 radical (unpaired) electrons. The number of likely N-dealkylation sites (N-methyl/N-ethyl adjacent to an activating group) is 1. The van der Waals surface area contributed by atoms with E-state index in [1.54, 1.807) is 7.05 Å². The molecule has 13 heteroatoms. The summed E-state index contributed by atoms with van der Waals surface area (Å²) < 4.78 is 15.2. The average Bonchev–Trinajstić information content (AvgIpc) is 2.73. The first-order chi connectivity index (χ1) is 15.9. The van der Waals surface area contributed by atoms with Gasteiger partial charge in [-0.3, -0.25) is 19.3 Å². The van der Waals surface area contributed by atoms with Gasteiger partial charge in [0.15, 0.2) is 11.4 Å². The highest BCUT2D eigenvalue weighted by Gasteiger charge is 2.64. The summed E-state index contributed by atoms with van der Waals surface area (Å²) in [5.74, 6) is -8.28. The van der Waals surface area contributed by atoms with E-state index in [0.717, 1.165) is 6.07 Å². The Hall–Kier alpha value is -2.70. The number of primary amides is 1. The van der Waals surface area contributed by atoms with Crippen molar-refractivity contribution in [2.45, 2.75) is 31.0 Å². The van der Waals surface area contributed by atoms with Crippen LogP contribution in [0, 0.1) is 17.7 Å². The fraction of sp³-hybridized carbons (Fsp3) is 0.435. The largest absolute Gasteiger partial charge is 0.508 e. The number of aliphatic hydroxyl groups excluding tert-OH is 2. The fourth-order valence-corrected chi connectivity index (χ4v) is 5.67. The van der Waals surface area contributed by atoms with Gasteiger partial charge in [-0.1, -0.05) is 0 Å². The third-order valence-corrected chi connectivity index (χ3v) is 7.10. The van der Waals surface area contributed by atoms with Gasteiger partial charge in [0.2, 0.25) is 5.78 Å². The Labute approximate surface area is 218 Å². The normalized spacial score (nSPS) is 27.1. The van der Waals surface area contributed by atoms with Gasteiger partial charge < -0.3 is 31.5 Å². The van der Waals surface area contributed by atoms with E-state index < -0.39 is 69.6 Å². The first kappa shape index (κ1) is 29.5. The minimum atomic E-state index is -2.72. The molecular formula is C23H28Cl2FN3O7. The molecule has 0 unspecified atom stereocenters. The number of carbonyl (C=O) groups excluding carboxylic acids is 3. The van der Waals surface area contributed by atoms with Gasteiger partial charge in [0.1, 0.15) is 28.7 Å². The number of fused-ring (bicyclic) bond motifs is 3. The maximum atomic E-state index is 15.2. The maximum Gasteiger partial charge on any atom is 0.255 e. The minimum Gasteiger partial charge on any atom is -0.508 e. The van der Waals surface area contributed by atoms with E-state index in [0.29, 0.717) is 0 Å². The number of phenolic OH excluding ortho intramolecular Hbond substituents is 1. The van der Waals surface area contributed by atoms with Crippen LogP contribution >= 0.6 is 24.8 Å². The molecule has 10 nitrogen and oxygen atoms in total. The van der Waals surface area contributed by atoms with E-state index in [2.05, 4.69) is 5.32 Å². The number of hydrogen-bond acceptors (Lipinski definition) is 9. The van der Waals surface area contributed by atoms with Crippen LogP contribution in [0.2, 0.25) is 0 Å². The van der Waals surface area contributed by atoms with Crippen molar-refractivity contribution in [3.63, 3.8) is 0 Å². The zero-order valence-electron chi connectivity index (χ0n) is 19.7. The van der Waals surface area contributed by atoms with E-state index in [9.17, 15) is 34.8 Å². The monoisotopic (exact) mass is 547 g/mol. The second-order valence-electron chi connectivity index (χ2n) is 9.21. The van der Waals surface area contributed by atoms with Crippen molar-refractivity contribution in [3.8, 4) is 5.75 Å². The number of ketones is 2. The zero-order chi connectivity index (χ0) is 25.3. The SMILES string of the molecule is CNCc1cc(O)c2c(c1F)C[C@H]1C[C@H]3[C@H](N(C)C)C(=O)C(C(N)=O)=C(O)[C@@]3(O)C(=O)C1=C2O.Cl.Cl. The summed E-state index contributed by atoms with van der Waals surface area (Å²) in [5, 5.41) is 46.5. The molecule has 1 saturated carbocycles. The molecule has 3 aliphatic rings. The van der Waals surface area contributed by atoms with Crippen LogP contribution in [-0.2, 0) is 27.3 Å². The molecule has 1 amide bonds. The van der Waals surface area contributed by atoms with Gasteiger partial charge in [0, 0.05) is 29.2 Å². The van der Waals surface area contributed by atoms with Gasteiger partial charge in [-0.15, -0.1) is 24.8 Å². The number of benzene rings is 1. The summed E-state index contributed by atoms with van der Waals surface area (Å²) in [4.78, 5) is 40.0. The molecule has 0 saturated heterocycles. The van der Waals surface area contributed by atoms with Crippen LogP contribution < -0.4 is 11.1 Å². The minimum absolute atomic E-state index is 0. The van der Waals surface area contributed by atoms with Crippen LogP contribution in [-0.4, -0.2) is 75.6 Å². The van der Waals surface area contributed by atoms with Gasteiger partial charge in [-0.2, -0.15) is 0 Å². The van der Waals surface area contributed by atoms with Crippen molar-refractivity contribution in [2.24, 2.45) is 17.6 Å². The first-order valence-electron chi connectivity index (χ1n) is 10.7. The average molecular weight is 548 g/mol. The maximum absolute atomic E-state index is 15.2. The van der Waals surface area contributed by atoms with Gasteiger partial charge in [-0.05, 0) is 46.0 Å². The van der Waals surface area contributed by atoms with Crippen LogP contribution in [0.1, 0.15) is 23.1 Å². The molecule has 4 atom stereocenters. The zero-order valence-corrected chi connectivity index (χ0v) is 21.3. The molecule has 0 spiro atoms. The highest BCUT2D eigenvalue weighted by atomic mass is 35.5. The number of nitrogens with two attached hydrogens (primary N) is 1. The van der Waals surface area contributed by atoms with Crippen molar-refractivity contribution >= 4 is 48.0 Å². The summed E-state index contributed by atoms with van der Waals surface area (Å²) in [7, 11) is 4.62. The molecule has 1 fully saturated rings. The number of carbonyl (C=O) groups is 3. The number of nitrogens with one attached hydrogen (secondary N) is 1. The van der Waals surface area contributed by atoms with Crippen LogP contribution in [0.25, 0.3) is 5.76 Å². The number of rotatable bonds is 4. The summed E-state index contributed by atoms with van der Waals surface area (Å²) in [6.07, 6.45) is -0.187. The summed E-state index contributed by atoms with van der Waals surface area (Å²) in [6.45, 7) is 0.113. The Balaban J connectivity index is 0.00000228. The lowest BCUT2D eigenvalue weighted by Crippen LogP contribution is -2.65. The molecular weight excluding hydrogens is 520 g/mol. The lowest BCUT2D eigenvalue weighted by Gasteiger charge is -2.50. The molecule has 0 aliphatic heterocycles. The molecule has 4 rings (SSSR count). The highest BCUT2D eigenvalue weighted by molar-refractivity contribution is 6.24. The fourth-order valence-electron chi connectivity index (χ4n) is 5.67. The summed E-state index contributed by atoms with van der Waals surface area (Å²) in [5.41, 5.74) is 1.26. The number of aromatic hydroxyl groups is 1. The Morgan fingerprint density at radius 1 is 1.25 bits per heavy atom. The van der Waals surface area contributed by atoms with Crippen LogP contribution in [0.3, 0.4) is 0 Å². The van der Waals surface area contributed by atoms with E-state index in [4.69, 9.17) is 5.73 Å².